The molecule has 16 nitrogen and oxygen atoms in total. The number of carboxylic acids is 1. The van der Waals surface area contributed by atoms with E-state index in [2.05, 4.69) is 15.5 Å². The highest BCUT2D eigenvalue weighted by atomic mass is 32.2. The van der Waals surface area contributed by atoms with Crippen molar-refractivity contribution in [2.24, 2.45) is 10.2 Å². The molecule has 1 amide bonds. The largest absolute Gasteiger partial charge is 0.505 e. The molecule has 0 spiro atoms. The molecule has 0 saturated heterocycles. The first kappa shape index (κ1) is 31.2. The Balaban J connectivity index is 2.05. The molecule has 4 rings (SSSR count). The number of carbonyl (C=O) groups excluding carboxylic acids is 1. The Kier molecular flexibility index (Phi) is 8.06. The average Bonchev–Trinajstić information content (AvgIpc) is 2.88. The van der Waals surface area contributed by atoms with Gasteiger partial charge in [0.1, 0.15) is 21.2 Å². The van der Waals surface area contributed by atoms with Gasteiger partial charge in [0, 0.05) is 22.9 Å². The fraction of sp³-hybridized carbons (Fsp3) is 0. The number of phenolic OH excluding ortho intramolecular Hbond substituents is 1. The number of anilines is 1. The minimum absolute atomic E-state index is 0.0105. The maximum atomic E-state index is 12.3. The molecular weight excluding hydrogens is 634 g/mol. The van der Waals surface area contributed by atoms with Crippen LogP contribution in [0.2, 0.25) is 0 Å². The van der Waals surface area contributed by atoms with Crippen LogP contribution < -0.4 is 5.32 Å². The van der Waals surface area contributed by atoms with Crippen LogP contribution in [0.1, 0.15) is 0 Å². The lowest BCUT2D eigenvalue weighted by Gasteiger charge is -2.14. The summed E-state index contributed by atoms with van der Waals surface area (Å²) in [6.07, 6.45) is 0.950. The van der Waals surface area contributed by atoms with Gasteiger partial charge in [0.15, 0.2) is 5.75 Å². The third-order valence-corrected chi connectivity index (χ3v) is 8.35. The van der Waals surface area contributed by atoms with E-state index in [1.54, 1.807) is 6.07 Å². The van der Waals surface area contributed by atoms with Crippen molar-refractivity contribution in [3.05, 3.63) is 66.7 Å². The molecular formula is C24H17N3O13S3. The van der Waals surface area contributed by atoms with E-state index < -0.39 is 90.5 Å². The molecule has 0 heterocycles. The third-order valence-electron chi connectivity index (χ3n) is 5.71. The second-order valence-corrected chi connectivity index (χ2v) is 12.7. The molecule has 4 aromatic rings. The van der Waals surface area contributed by atoms with E-state index in [0.717, 1.165) is 6.07 Å². The zero-order valence-corrected chi connectivity index (χ0v) is 23.4. The van der Waals surface area contributed by atoms with Gasteiger partial charge in [-0.25, -0.2) is 4.79 Å². The van der Waals surface area contributed by atoms with Crippen molar-refractivity contribution in [3.8, 4) is 5.75 Å². The number of hydrogen-bond donors (Lipinski definition) is 6. The fourth-order valence-corrected chi connectivity index (χ4v) is 6.04. The van der Waals surface area contributed by atoms with Crippen molar-refractivity contribution >= 4 is 80.8 Å². The summed E-state index contributed by atoms with van der Waals surface area (Å²) >= 11 is 0. The van der Waals surface area contributed by atoms with E-state index >= 15 is 0 Å². The predicted octanol–water partition coefficient (Wildman–Crippen LogP) is 3.43. The molecule has 0 bridgehead atoms. The van der Waals surface area contributed by atoms with Gasteiger partial charge in [-0.15, -0.1) is 10.2 Å². The van der Waals surface area contributed by atoms with Crippen molar-refractivity contribution < 1.29 is 58.7 Å². The highest BCUT2D eigenvalue weighted by Crippen LogP contribution is 2.45. The van der Waals surface area contributed by atoms with Gasteiger partial charge in [-0.1, -0.05) is 30.3 Å². The van der Waals surface area contributed by atoms with Crippen LogP contribution in [0.25, 0.3) is 21.5 Å². The van der Waals surface area contributed by atoms with E-state index in [0.29, 0.717) is 35.7 Å². The van der Waals surface area contributed by atoms with Gasteiger partial charge >= 0.3 is 5.97 Å². The summed E-state index contributed by atoms with van der Waals surface area (Å²) in [5.74, 6) is -3.82. The molecule has 0 atom stereocenters. The maximum Gasteiger partial charge on any atom is 0.328 e. The number of amides is 1. The van der Waals surface area contributed by atoms with Gasteiger partial charge in [-0.3, -0.25) is 18.5 Å². The molecule has 19 heteroatoms. The predicted molar refractivity (Wildman–Crippen MR) is 149 cm³/mol. The van der Waals surface area contributed by atoms with Crippen molar-refractivity contribution in [1.82, 2.24) is 0 Å². The van der Waals surface area contributed by atoms with E-state index in [1.807, 2.05) is 0 Å². The minimum Gasteiger partial charge on any atom is -0.505 e. The van der Waals surface area contributed by atoms with Crippen LogP contribution in [0.4, 0.5) is 17.1 Å². The van der Waals surface area contributed by atoms with Crippen molar-refractivity contribution in [1.29, 1.82) is 0 Å². The first-order valence-corrected chi connectivity index (χ1v) is 15.6. The SMILES string of the molecule is O=C(O)/C=C\C(=O)Nc1cc(S(=O)(=O)O)cc2cc(S(=O)(=O)O)c(N=Nc3ccc4ccccc4c3S(=O)(=O)O)c(O)c12. The smallest absolute Gasteiger partial charge is 0.328 e. The van der Waals surface area contributed by atoms with Crippen LogP contribution in [-0.2, 0) is 39.9 Å². The highest BCUT2D eigenvalue weighted by molar-refractivity contribution is 7.86. The molecule has 224 valence electrons. The van der Waals surface area contributed by atoms with Crippen molar-refractivity contribution in [2.75, 3.05) is 5.32 Å². The molecule has 6 N–H and O–H groups in total. The Bertz CT molecular complexity index is 2240. The summed E-state index contributed by atoms with van der Waals surface area (Å²) in [7, 11) is -15.3. The topological polar surface area (TPSA) is 274 Å². The minimum atomic E-state index is -5.28. The molecule has 0 aliphatic rings. The number of benzene rings is 4. The zero-order chi connectivity index (χ0) is 31.9. The second kappa shape index (κ2) is 11.1. The standard InChI is InChI=1S/C24H17N3O13S3/c28-19(7-8-20(29)30)25-17-11-14(41(32,33)34)9-13-10-18(42(35,36)37)22(23(31)21(13)17)27-26-16-6-5-12-3-1-2-4-15(12)24(16)43(38,39)40/h1-11,31H,(H,25,28)(H,29,30)(H,32,33,34)(H,35,36,37)(H,38,39,40)/b8-7-,27-26?. The number of aromatic hydroxyl groups is 1. The van der Waals surface area contributed by atoms with Crippen molar-refractivity contribution in [3.63, 3.8) is 0 Å². The highest BCUT2D eigenvalue weighted by Gasteiger charge is 2.26. The van der Waals surface area contributed by atoms with Gasteiger partial charge in [-0.05, 0) is 35.0 Å². The number of phenols is 1. The molecule has 0 aliphatic carbocycles. The van der Waals surface area contributed by atoms with Gasteiger partial charge in [0.05, 0.1) is 10.6 Å². The number of fused-ring (bicyclic) bond motifs is 2. The molecule has 0 radical (unpaired) electrons. The normalized spacial score (nSPS) is 12.8. The third kappa shape index (κ3) is 6.66. The lowest BCUT2D eigenvalue weighted by molar-refractivity contribution is -0.131. The summed E-state index contributed by atoms with van der Waals surface area (Å²) < 4.78 is 102. The molecule has 0 fully saturated rings. The fourth-order valence-electron chi connectivity index (χ4n) is 4.01. The lowest BCUT2D eigenvalue weighted by atomic mass is 10.1. The van der Waals surface area contributed by atoms with Gasteiger partial charge in [0.25, 0.3) is 30.4 Å². The number of rotatable bonds is 8. The van der Waals surface area contributed by atoms with Gasteiger partial charge in [0.2, 0.25) is 5.91 Å². The Labute approximate surface area is 241 Å². The van der Waals surface area contributed by atoms with E-state index in [4.69, 9.17) is 5.11 Å². The van der Waals surface area contributed by atoms with Crippen molar-refractivity contribution in [2.45, 2.75) is 14.7 Å². The number of carbonyl (C=O) groups is 2. The number of nitrogens with one attached hydrogen (secondary N) is 1. The van der Waals surface area contributed by atoms with Gasteiger partial charge < -0.3 is 15.5 Å². The Morgan fingerprint density at radius 1 is 0.767 bits per heavy atom. The summed E-state index contributed by atoms with van der Waals surface area (Å²) in [6, 6.07) is 10.4. The summed E-state index contributed by atoms with van der Waals surface area (Å²) in [6.45, 7) is 0. The van der Waals surface area contributed by atoms with E-state index in [1.165, 1.54) is 24.3 Å². The first-order valence-electron chi connectivity index (χ1n) is 11.3. The summed E-state index contributed by atoms with van der Waals surface area (Å²) in [5.41, 5.74) is -2.12. The molecule has 0 unspecified atom stereocenters. The molecule has 4 aromatic carbocycles. The molecule has 0 aliphatic heterocycles. The van der Waals surface area contributed by atoms with Crippen LogP contribution in [-0.4, -0.2) is 61.0 Å². The number of hydrogen-bond acceptors (Lipinski definition) is 11. The van der Waals surface area contributed by atoms with E-state index in [-0.39, 0.29) is 5.39 Å². The Hall–Kier alpha value is -4.79. The maximum absolute atomic E-state index is 12.3. The Morgan fingerprint density at radius 2 is 1.44 bits per heavy atom. The zero-order valence-electron chi connectivity index (χ0n) is 21.0. The number of azo groups is 1. The Morgan fingerprint density at radius 3 is 2.05 bits per heavy atom. The van der Waals surface area contributed by atoms with Crippen LogP contribution >= 0.6 is 0 Å². The van der Waals surface area contributed by atoms with Gasteiger partial charge in [-0.2, -0.15) is 25.3 Å². The number of nitrogens with zero attached hydrogens (tertiary/aromatic N) is 2. The van der Waals surface area contributed by atoms with Crippen LogP contribution in [0.3, 0.4) is 0 Å². The summed E-state index contributed by atoms with van der Waals surface area (Å²) in [5, 5.41) is 28.6. The molecule has 0 saturated carbocycles. The van der Waals surface area contributed by atoms with Crippen LogP contribution in [0.15, 0.2) is 91.7 Å². The van der Waals surface area contributed by atoms with Crippen LogP contribution in [0, 0.1) is 0 Å². The van der Waals surface area contributed by atoms with Crippen LogP contribution in [0.5, 0.6) is 5.75 Å². The molecule has 43 heavy (non-hydrogen) atoms. The monoisotopic (exact) mass is 651 g/mol. The quantitative estimate of drug-likeness (QED) is 0.0906. The molecule has 0 aromatic heterocycles. The second-order valence-electron chi connectivity index (χ2n) is 8.56. The van der Waals surface area contributed by atoms with E-state index in [9.17, 15) is 53.6 Å². The number of aliphatic carboxylic acids is 1. The lowest BCUT2D eigenvalue weighted by Crippen LogP contribution is -2.10. The first-order chi connectivity index (χ1) is 19.9. The number of carboxylic acid groups (broad SMARTS) is 1. The average molecular weight is 652 g/mol. The summed E-state index contributed by atoms with van der Waals surface area (Å²) in [4.78, 5) is 20.3.